The minimum Gasteiger partial charge on any atom is -0.493 e. The zero-order valence-electron chi connectivity index (χ0n) is 16.9. The minimum absolute atomic E-state index is 0.343. The van der Waals surface area contributed by atoms with E-state index in [2.05, 4.69) is 4.99 Å². The van der Waals surface area contributed by atoms with Crippen LogP contribution in [0.15, 0.2) is 17.1 Å². The number of hydrogen-bond donors (Lipinski definition) is 0. The highest BCUT2D eigenvalue weighted by atomic mass is 32.2. The molecule has 0 N–H and O–H groups in total. The Morgan fingerprint density at radius 3 is 2.55 bits per heavy atom. The predicted octanol–water partition coefficient (Wildman–Crippen LogP) is 1.22. The van der Waals surface area contributed by atoms with Gasteiger partial charge in [-0.2, -0.15) is 9.30 Å². The molecular formula is C18H25N3O6S2. The van der Waals surface area contributed by atoms with Gasteiger partial charge < -0.3 is 18.8 Å². The molecule has 1 atom stereocenters. The molecule has 1 saturated heterocycles. The molecule has 1 fully saturated rings. The summed E-state index contributed by atoms with van der Waals surface area (Å²) in [6.07, 6.45) is 2.23. The third kappa shape index (κ3) is 4.47. The number of fused-ring (bicyclic) bond motifs is 1. The topological polar surface area (TPSA) is 99.4 Å². The number of amides is 1. The van der Waals surface area contributed by atoms with Crippen molar-refractivity contribution in [3.63, 3.8) is 0 Å². The lowest BCUT2D eigenvalue weighted by Crippen LogP contribution is -2.40. The highest BCUT2D eigenvalue weighted by molar-refractivity contribution is 7.88. The molecule has 3 rings (SSSR count). The molecule has 160 valence electrons. The third-order valence-corrected chi connectivity index (χ3v) is 7.16. The Balaban J connectivity index is 2.10. The molecule has 2 heterocycles. The van der Waals surface area contributed by atoms with Gasteiger partial charge in [0.25, 0.3) is 5.91 Å². The lowest BCUT2D eigenvalue weighted by atomic mass is 10.2. The molecule has 1 aromatic heterocycles. The Hall–Kier alpha value is -1.95. The first kappa shape index (κ1) is 21.8. The molecule has 0 saturated carbocycles. The second-order valence-corrected chi connectivity index (χ2v) is 9.63. The number of thiazole rings is 1. The molecule has 1 amide bonds. The largest absolute Gasteiger partial charge is 0.493 e. The Kier molecular flexibility index (Phi) is 6.62. The van der Waals surface area contributed by atoms with Crippen molar-refractivity contribution in [2.45, 2.75) is 25.4 Å². The summed E-state index contributed by atoms with van der Waals surface area (Å²) in [5.74, 6) is 0.697. The number of hydrogen-bond acceptors (Lipinski definition) is 7. The van der Waals surface area contributed by atoms with E-state index in [-0.39, 0.29) is 0 Å². The van der Waals surface area contributed by atoms with Crippen molar-refractivity contribution in [3.05, 3.63) is 16.9 Å². The summed E-state index contributed by atoms with van der Waals surface area (Å²) in [5, 5.41) is 0. The Bertz CT molecular complexity index is 1070. The lowest BCUT2D eigenvalue weighted by Gasteiger charge is -2.18. The van der Waals surface area contributed by atoms with E-state index < -0.39 is 22.0 Å². The maximum absolute atomic E-state index is 12.9. The highest BCUT2D eigenvalue weighted by Crippen LogP contribution is 2.33. The first-order chi connectivity index (χ1) is 13.8. The molecular weight excluding hydrogens is 418 g/mol. The van der Waals surface area contributed by atoms with Crippen molar-refractivity contribution in [2.75, 3.05) is 40.7 Å². The van der Waals surface area contributed by atoms with E-state index in [1.54, 1.807) is 21.3 Å². The maximum Gasteiger partial charge on any atom is 0.266 e. The van der Waals surface area contributed by atoms with Gasteiger partial charge in [-0.05, 0) is 12.8 Å². The summed E-state index contributed by atoms with van der Waals surface area (Å²) in [6.45, 7) is 1.26. The predicted molar refractivity (Wildman–Crippen MR) is 110 cm³/mol. The molecule has 0 radical (unpaired) electrons. The number of aromatic nitrogens is 1. The fourth-order valence-corrected chi connectivity index (χ4v) is 5.62. The molecule has 1 aliphatic heterocycles. The standard InChI is InChI=1S/C18H25N3O6S2/c1-25-9-8-20-13-10-14(26-2)15(27-3)11-16(13)28-18(20)19-17(22)12-6-5-7-21(12)29(4,23)24/h10-12H,5-9H2,1-4H3. The molecule has 0 bridgehead atoms. The van der Waals surface area contributed by atoms with Gasteiger partial charge >= 0.3 is 0 Å². The van der Waals surface area contributed by atoms with Gasteiger partial charge in [0.05, 0.1) is 37.3 Å². The van der Waals surface area contributed by atoms with Crippen molar-refractivity contribution in [1.29, 1.82) is 0 Å². The second kappa shape index (κ2) is 8.82. The van der Waals surface area contributed by atoms with Crippen molar-refractivity contribution < 1.29 is 27.4 Å². The van der Waals surface area contributed by atoms with Crippen LogP contribution in [0.5, 0.6) is 11.5 Å². The summed E-state index contributed by atoms with van der Waals surface area (Å²) < 4.78 is 43.9. The van der Waals surface area contributed by atoms with E-state index in [1.165, 1.54) is 15.6 Å². The van der Waals surface area contributed by atoms with Gasteiger partial charge in [-0.1, -0.05) is 11.3 Å². The zero-order valence-corrected chi connectivity index (χ0v) is 18.5. The number of rotatable bonds is 7. The number of carbonyl (C=O) groups is 1. The fraction of sp³-hybridized carbons (Fsp3) is 0.556. The van der Waals surface area contributed by atoms with Crippen LogP contribution >= 0.6 is 11.3 Å². The van der Waals surface area contributed by atoms with Crippen LogP contribution in [0, 0.1) is 0 Å². The van der Waals surface area contributed by atoms with Crippen LogP contribution in [0.2, 0.25) is 0 Å². The minimum atomic E-state index is -3.46. The lowest BCUT2D eigenvalue weighted by molar-refractivity contribution is -0.121. The first-order valence-corrected chi connectivity index (χ1v) is 11.8. The van der Waals surface area contributed by atoms with Gasteiger partial charge in [0, 0.05) is 32.3 Å². The number of ether oxygens (including phenoxy) is 3. The third-order valence-electron chi connectivity index (χ3n) is 4.83. The van der Waals surface area contributed by atoms with E-state index in [0.29, 0.717) is 48.8 Å². The van der Waals surface area contributed by atoms with Gasteiger partial charge in [-0.25, -0.2) is 8.42 Å². The van der Waals surface area contributed by atoms with Crippen molar-refractivity contribution >= 4 is 37.5 Å². The van der Waals surface area contributed by atoms with E-state index >= 15 is 0 Å². The van der Waals surface area contributed by atoms with Gasteiger partial charge in [0.15, 0.2) is 16.3 Å². The van der Waals surface area contributed by atoms with Crippen LogP contribution in [-0.4, -0.2) is 70.0 Å². The molecule has 1 unspecified atom stereocenters. The summed E-state index contributed by atoms with van der Waals surface area (Å²) in [7, 11) is 1.26. The molecule has 2 aromatic rings. The molecule has 9 nitrogen and oxygen atoms in total. The van der Waals surface area contributed by atoms with Crippen LogP contribution in [0.4, 0.5) is 0 Å². The summed E-state index contributed by atoms with van der Waals surface area (Å²) in [6, 6.07) is 2.92. The number of methoxy groups -OCH3 is 3. The van der Waals surface area contributed by atoms with Crippen LogP contribution in [-0.2, 0) is 26.1 Å². The Labute approximate surface area is 173 Å². The number of carbonyl (C=O) groups excluding carboxylic acids is 1. The maximum atomic E-state index is 12.9. The molecule has 1 aliphatic rings. The normalized spacial score (nSPS) is 18.5. The number of nitrogens with zero attached hydrogens (tertiary/aromatic N) is 3. The summed E-state index contributed by atoms with van der Waals surface area (Å²) >= 11 is 1.34. The van der Waals surface area contributed by atoms with Gasteiger partial charge in [-0.3, -0.25) is 4.79 Å². The molecule has 1 aromatic carbocycles. The second-order valence-electron chi connectivity index (χ2n) is 6.69. The monoisotopic (exact) mass is 443 g/mol. The molecule has 0 spiro atoms. The quantitative estimate of drug-likeness (QED) is 0.638. The van der Waals surface area contributed by atoms with Gasteiger partial charge in [0.2, 0.25) is 10.0 Å². The Morgan fingerprint density at radius 2 is 1.93 bits per heavy atom. The zero-order chi connectivity index (χ0) is 21.2. The SMILES string of the molecule is COCCn1c(=NC(=O)C2CCCN2S(C)(=O)=O)sc2cc(OC)c(OC)cc21. The van der Waals surface area contributed by atoms with Crippen molar-refractivity contribution in [3.8, 4) is 11.5 Å². The number of benzene rings is 1. The summed E-state index contributed by atoms with van der Waals surface area (Å²) in [4.78, 5) is 17.6. The van der Waals surface area contributed by atoms with E-state index in [9.17, 15) is 13.2 Å². The molecule has 0 aliphatic carbocycles. The van der Waals surface area contributed by atoms with Crippen molar-refractivity contribution in [2.24, 2.45) is 4.99 Å². The highest BCUT2D eigenvalue weighted by Gasteiger charge is 2.36. The average molecular weight is 444 g/mol. The Morgan fingerprint density at radius 1 is 1.24 bits per heavy atom. The van der Waals surface area contributed by atoms with E-state index in [1.807, 2.05) is 16.7 Å². The van der Waals surface area contributed by atoms with E-state index in [0.717, 1.165) is 16.5 Å². The van der Waals surface area contributed by atoms with Gasteiger partial charge in [-0.15, -0.1) is 0 Å². The van der Waals surface area contributed by atoms with Crippen molar-refractivity contribution in [1.82, 2.24) is 8.87 Å². The fourth-order valence-electron chi connectivity index (χ4n) is 3.43. The molecule has 11 heteroatoms. The smallest absolute Gasteiger partial charge is 0.266 e. The average Bonchev–Trinajstić information content (AvgIpc) is 3.29. The molecule has 29 heavy (non-hydrogen) atoms. The first-order valence-electron chi connectivity index (χ1n) is 9.09. The summed E-state index contributed by atoms with van der Waals surface area (Å²) in [5.41, 5.74) is 0.836. The van der Waals surface area contributed by atoms with Crippen LogP contribution < -0.4 is 14.3 Å². The van der Waals surface area contributed by atoms with Crippen LogP contribution in [0.1, 0.15) is 12.8 Å². The van der Waals surface area contributed by atoms with Gasteiger partial charge in [0.1, 0.15) is 6.04 Å². The number of sulfonamides is 1. The van der Waals surface area contributed by atoms with Crippen LogP contribution in [0.3, 0.4) is 0 Å². The van der Waals surface area contributed by atoms with Crippen LogP contribution in [0.25, 0.3) is 10.2 Å². The van der Waals surface area contributed by atoms with E-state index in [4.69, 9.17) is 14.2 Å².